The number of amides is 1. The Morgan fingerprint density at radius 2 is 1.61 bits per heavy atom. The van der Waals surface area contributed by atoms with Crippen LogP contribution in [0.5, 0.6) is 0 Å². The molecule has 3 aromatic carbocycles. The van der Waals surface area contributed by atoms with E-state index >= 15 is 0 Å². The van der Waals surface area contributed by atoms with Gasteiger partial charge in [0, 0.05) is 17.9 Å². The van der Waals surface area contributed by atoms with Gasteiger partial charge in [-0.3, -0.25) is 0 Å². The first kappa shape index (κ1) is 19.4. The fourth-order valence-corrected chi connectivity index (χ4v) is 4.37. The molecule has 0 saturated heterocycles. The standard InChI is InChI=1S/C26H23NO4/c28-14-13-23(25-15-17-7-1-6-12-24(17)31-25)27-26(29)30-16-22-20-10-4-2-8-18(20)19-9-3-5-11-21(19)22/h1-12,15,22-23,28H,13-14,16H2,(H,27,29). The molecule has 1 atom stereocenters. The van der Waals surface area contributed by atoms with E-state index in [1.807, 2.05) is 54.6 Å². The number of hydrogen-bond acceptors (Lipinski definition) is 4. The van der Waals surface area contributed by atoms with Crippen molar-refractivity contribution in [3.05, 3.63) is 95.7 Å². The van der Waals surface area contributed by atoms with E-state index in [2.05, 4.69) is 29.6 Å². The van der Waals surface area contributed by atoms with Crippen LogP contribution in [-0.2, 0) is 4.74 Å². The number of aliphatic hydroxyl groups excluding tert-OH is 1. The highest BCUT2D eigenvalue weighted by Crippen LogP contribution is 2.44. The van der Waals surface area contributed by atoms with Gasteiger partial charge in [0.05, 0.1) is 6.04 Å². The van der Waals surface area contributed by atoms with Crippen molar-refractivity contribution in [3.63, 3.8) is 0 Å². The van der Waals surface area contributed by atoms with Crippen molar-refractivity contribution in [2.24, 2.45) is 0 Å². The van der Waals surface area contributed by atoms with Crippen molar-refractivity contribution in [2.45, 2.75) is 18.4 Å². The monoisotopic (exact) mass is 413 g/mol. The van der Waals surface area contributed by atoms with Gasteiger partial charge in [-0.1, -0.05) is 66.7 Å². The first-order valence-electron chi connectivity index (χ1n) is 10.5. The zero-order chi connectivity index (χ0) is 21.2. The highest BCUT2D eigenvalue weighted by atomic mass is 16.5. The van der Waals surface area contributed by atoms with Crippen LogP contribution in [0.2, 0.25) is 0 Å². The third-order valence-electron chi connectivity index (χ3n) is 5.84. The molecule has 1 amide bonds. The Labute approximate surface area is 180 Å². The highest BCUT2D eigenvalue weighted by Gasteiger charge is 2.29. The van der Waals surface area contributed by atoms with Crippen molar-refractivity contribution >= 4 is 17.1 Å². The maximum absolute atomic E-state index is 12.6. The molecule has 2 N–H and O–H groups in total. The number of carbonyl (C=O) groups is 1. The minimum absolute atomic E-state index is 0.000595. The first-order chi connectivity index (χ1) is 15.2. The molecular formula is C26H23NO4. The molecule has 0 radical (unpaired) electrons. The van der Waals surface area contributed by atoms with Gasteiger partial charge in [-0.2, -0.15) is 0 Å². The Morgan fingerprint density at radius 3 is 2.29 bits per heavy atom. The molecule has 4 aromatic rings. The predicted molar refractivity (Wildman–Crippen MR) is 119 cm³/mol. The molecule has 1 aliphatic rings. The summed E-state index contributed by atoms with van der Waals surface area (Å²) in [7, 11) is 0. The van der Waals surface area contributed by atoms with Gasteiger partial charge in [0.25, 0.3) is 0 Å². The Hall–Kier alpha value is -3.57. The van der Waals surface area contributed by atoms with Crippen LogP contribution >= 0.6 is 0 Å². The van der Waals surface area contributed by atoms with Crippen molar-refractivity contribution in [1.82, 2.24) is 5.32 Å². The molecule has 5 nitrogen and oxygen atoms in total. The van der Waals surface area contributed by atoms with Gasteiger partial charge in [-0.25, -0.2) is 4.79 Å². The summed E-state index contributed by atoms with van der Waals surface area (Å²) in [5, 5.41) is 13.3. The van der Waals surface area contributed by atoms with Gasteiger partial charge in [-0.15, -0.1) is 0 Å². The molecule has 0 fully saturated rings. The maximum atomic E-state index is 12.6. The molecule has 1 aromatic heterocycles. The summed E-state index contributed by atoms with van der Waals surface area (Å²) in [5.41, 5.74) is 5.45. The van der Waals surface area contributed by atoms with Crippen molar-refractivity contribution in [2.75, 3.05) is 13.2 Å². The summed E-state index contributed by atoms with van der Waals surface area (Å²) in [4.78, 5) is 12.6. The maximum Gasteiger partial charge on any atom is 0.407 e. The average Bonchev–Trinajstić information content (AvgIpc) is 3.37. The second kappa shape index (κ2) is 8.28. The first-order valence-corrected chi connectivity index (χ1v) is 10.5. The number of alkyl carbamates (subject to hydrolysis) is 1. The van der Waals surface area contributed by atoms with Gasteiger partial charge in [-0.05, 0) is 40.8 Å². The zero-order valence-corrected chi connectivity index (χ0v) is 17.0. The minimum Gasteiger partial charge on any atom is -0.459 e. The highest BCUT2D eigenvalue weighted by molar-refractivity contribution is 5.79. The van der Waals surface area contributed by atoms with E-state index in [9.17, 15) is 9.90 Å². The predicted octanol–water partition coefficient (Wildman–Crippen LogP) is 5.40. The van der Waals surface area contributed by atoms with Crippen LogP contribution in [-0.4, -0.2) is 24.4 Å². The van der Waals surface area contributed by atoms with Gasteiger partial charge >= 0.3 is 6.09 Å². The number of ether oxygens (including phenoxy) is 1. The summed E-state index contributed by atoms with van der Waals surface area (Å²) in [6.07, 6.45) is -0.190. The summed E-state index contributed by atoms with van der Waals surface area (Å²) in [5.74, 6) is 0.601. The minimum atomic E-state index is -0.527. The van der Waals surface area contributed by atoms with E-state index in [0.29, 0.717) is 12.2 Å². The lowest BCUT2D eigenvalue weighted by Crippen LogP contribution is -2.30. The number of para-hydroxylation sites is 1. The second-order valence-electron chi connectivity index (χ2n) is 7.72. The molecule has 156 valence electrons. The van der Waals surface area contributed by atoms with Gasteiger partial charge < -0.3 is 19.6 Å². The van der Waals surface area contributed by atoms with E-state index in [4.69, 9.17) is 9.15 Å². The molecule has 5 heteroatoms. The molecule has 1 aliphatic carbocycles. The fourth-order valence-electron chi connectivity index (χ4n) is 4.37. The second-order valence-corrected chi connectivity index (χ2v) is 7.72. The molecular weight excluding hydrogens is 390 g/mol. The molecule has 1 heterocycles. The molecule has 1 unspecified atom stereocenters. The molecule has 0 spiro atoms. The fraction of sp³-hybridized carbons (Fsp3) is 0.192. The number of benzene rings is 3. The van der Waals surface area contributed by atoms with Crippen LogP contribution in [0.1, 0.15) is 35.3 Å². The number of nitrogens with one attached hydrogen (secondary N) is 1. The molecule has 0 saturated carbocycles. The SMILES string of the molecule is O=C(NC(CCO)c1cc2ccccc2o1)OCC1c2ccccc2-c2ccccc21. The van der Waals surface area contributed by atoms with Crippen molar-refractivity contribution in [1.29, 1.82) is 0 Å². The lowest BCUT2D eigenvalue weighted by atomic mass is 9.98. The summed E-state index contributed by atoms with van der Waals surface area (Å²) >= 11 is 0. The quantitative estimate of drug-likeness (QED) is 0.444. The third kappa shape index (κ3) is 3.68. The number of fused-ring (bicyclic) bond motifs is 4. The smallest absolute Gasteiger partial charge is 0.407 e. The van der Waals surface area contributed by atoms with E-state index in [1.54, 1.807) is 0 Å². The number of aliphatic hydroxyl groups is 1. The van der Waals surface area contributed by atoms with E-state index in [1.165, 1.54) is 22.3 Å². The zero-order valence-electron chi connectivity index (χ0n) is 17.0. The molecule has 0 bridgehead atoms. The number of carbonyl (C=O) groups excluding carboxylic acids is 1. The van der Waals surface area contributed by atoms with Crippen molar-refractivity contribution < 1.29 is 19.1 Å². The number of furan rings is 1. The molecule has 0 aliphatic heterocycles. The van der Waals surface area contributed by atoms with E-state index in [-0.39, 0.29) is 19.1 Å². The molecule has 31 heavy (non-hydrogen) atoms. The van der Waals surface area contributed by atoms with Gasteiger partial charge in [0.1, 0.15) is 18.0 Å². The normalized spacial score (nSPS) is 13.6. The lowest BCUT2D eigenvalue weighted by Gasteiger charge is -2.18. The van der Waals surface area contributed by atoms with Gasteiger partial charge in [0.2, 0.25) is 0 Å². The van der Waals surface area contributed by atoms with Crippen LogP contribution in [0.4, 0.5) is 4.79 Å². The van der Waals surface area contributed by atoms with Crippen LogP contribution < -0.4 is 5.32 Å². The number of hydrogen-bond donors (Lipinski definition) is 2. The van der Waals surface area contributed by atoms with Crippen LogP contribution in [0.15, 0.2) is 83.3 Å². The van der Waals surface area contributed by atoms with Crippen LogP contribution in [0.25, 0.3) is 22.1 Å². The summed E-state index contributed by atoms with van der Waals surface area (Å²) < 4.78 is 11.5. The summed E-state index contributed by atoms with van der Waals surface area (Å²) in [6.45, 7) is 0.164. The largest absolute Gasteiger partial charge is 0.459 e. The van der Waals surface area contributed by atoms with Crippen LogP contribution in [0, 0.1) is 0 Å². The lowest BCUT2D eigenvalue weighted by molar-refractivity contribution is 0.135. The summed E-state index contributed by atoms with van der Waals surface area (Å²) in [6, 6.07) is 25.5. The average molecular weight is 413 g/mol. The Kier molecular flexibility index (Phi) is 5.18. The molecule has 5 rings (SSSR count). The number of rotatable bonds is 6. The third-order valence-corrected chi connectivity index (χ3v) is 5.84. The topological polar surface area (TPSA) is 71.7 Å². The van der Waals surface area contributed by atoms with E-state index in [0.717, 1.165) is 11.0 Å². The Balaban J connectivity index is 1.31. The van der Waals surface area contributed by atoms with Gasteiger partial charge in [0.15, 0.2) is 0 Å². The Bertz CT molecular complexity index is 1150. The van der Waals surface area contributed by atoms with Crippen LogP contribution in [0.3, 0.4) is 0 Å². The van der Waals surface area contributed by atoms with E-state index < -0.39 is 12.1 Å². The Morgan fingerprint density at radius 1 is 0.968 bits per heavy atom. The van der Waals surface area contributed by atoms with Crippen molar-refractivity contribution in [3.8, 4) is 11.1 Å².